The first-order valence-electron chi connectivity index (χ1n) is 5.05. The molecule has 1 unspecified atom stereocenters. The van der Waals surface area contributed by atoms with E-state index < -0.39 is 0 Å². The number of hydrogen-bond donors (Lipinski definition) is 1. The summed E-state index contributed by atoms with van der Waals surface area (Å²) in [4.78, 5) is 10.7. The van der Waals surface area contributed by atoms with Crippen molar-refractivity contribution >= 4 is 18.0 Å². The lowest BCUT2D eigenvalue weighted by Gasteiger charge is -2.11. The van der Waals surface area contributed by atoms with Crippen LogP contribution in [0, 0.1) is 0 Å². The molecule has 0 fully saturated rings. The molecule has 1 aromatic rings. The van der Waals surface area contributed by atoms with Gasteiger partial charge in [-0.05, 0) is 18.2 Å². The molecule has 0 aliphatic carbocycles. The number of carbonyl (C=O) groups excluding carboxylic acids is 1. The highest BCUT2D eigenvalue weighted by molar-refractivity contribution is 7.99. The van der Waals surface area contributed by atoms with Crippen molar-refractivity contribution in [2.24, 2.45) is 0 Å². The van der Waals surface area contributed by atoms with E-state index in [9.17, 15) is 4.79 Å². The molecule has 0 bridgehead atoms. The van der Waals surface area contributed by atoms with Crippen LogP contribution in [0.3, 0.4) is 0 Å². The molecule has 16 heavy (non-hydrogen) atoms. The van der Waals surface area contributed by atoms with Crippen molar-refractivity contribution in [2.75, 3.05) is 13.7 Å². The monoisotopic (exact) mass is 240 g/mol. The van der Waals surface area contributed by atoms with Crippen molar-refractivity contribution in [3.63, 3.8) is 0 Å². The molecule has 0 amide bonds. The van der Waals surface area contributed by atoms with E-state index in [1.807, 2.05) is 13.0 Å². The highest BCUT2D eigenvalue weighted by atomic mass is 32.2. The second-order valence-electron chi connectivity index (χ2n) is 3.49. The second-order valence-corrected chi connectivity index (χ2v) is 4.92. The Bertz CT molecular complexity index is 352. The van der Waals surface area contributed by atoms with E-state index in [1.165, 1.54) is 0 Å². The fourth-order valence-electron chi connectivity index (χ4n) is 1.27. The molecule has 0 aromatic heterocycles. The van der Waals surface area contributed by atoms with E-state index in [0.29, 0.717) is 5.56 Å². The Hall–Kier alpha value is -1.00. The van der Waals surface area contributed by atoms with E-state index in [-0.39, 0.29) is 11.9 Å². The number of methoxy groups -OCH3 is 1. The molecular formula is C12H16O3S. The summed E-state index contributed by atoms with van der Waals surface area (Å²) in [6, 6.07) is 5.35. The van der Waals surface area contributed by atoms with Crippen LogP contribution in [0.15, 0.2) is 18.2 Å². The Morgan fingerprint density at radius 3 is 2.88 bits per heavy atom. The molecular weight excluding hydrogens is 224 g/mol. The predicted octanol–water partition coefficient (Wildman–Crippen LogP) is 2.12. The van der Waals surface area contributed by atoms with Gasteiger partial charge < -0.3 is 9.84 Å². The normalized spacial score (nSPS) is 12.2. The zero-order valence-corrected chi connectivity index (χ0v) is 10.3. The lowest BCUT2D eigenvalue weighted by Crippen LogP contribution is -2.03. The summed E-state index contributed by atoms with van der Waals surface area (Å²) in [5.74, 6) is 1.51. The van der Waals surface area contributed by atoms with Crippen LogP contribution in [0.25, 0.3) is 0 Å². The number of aliphatic hydroxyl groups excluding tert-OH is 1. The predicted molar refractivity (Wildman–Crippen MR) is 66.2 cm³/mol. The molecule has 1 N–H and O–H groups in total. The summed E-state index contributed by atoms with van der Waals surface area (Å²) in [5.41, 5.74) is 1.63. The molecule has 0 heterocycles. The third-order valence-corrected chi connectivity index (χ3v) is 3.42. The van der Waals surface area contributed by atoms with Crippen LogP contribution in [0.4, 0.5) is 0 Å². The summed E-state index contributed by atoms with van der Waals surface area (Å²) in [5, 5.41) is 9.12. The maximum Gasteiger partial charge on any atom is 0.150 e. The third kappa shape index (κ3) is 3.54. The van der Waals surface area contributed by atoms with Crippen LogP contribution in [0.5, 0.6) is 5.75 Å². The number of hydrogen-bond acceptors (Lipinski definition) is 4. The maximum absolute atomic E-state index is 10.7. The molecule has 0 spiro atoms. The number of ether oxygens (including phenoxy) is 1. The average molecular weight is 240 g/mol. The topological polar surface area (TPSA) is 46.5 Å². The molecule has 1 atom stereocenters. The number of rotatable bonds is 6. The number of carbonyl (C=O) groups is 1. The van der Waals surface area contributed by atoms with E-state index in [4.69, 9.17) is 9.84 Å². The second kappa shape index (κ2) is 6.55. The maximum atomic E-state index is 10.7. The minimum Gasteiger partial charge on any atom is -0.496 e. The first kappa shape index (κ1) is 13.1. The van der Waals surface area contributed by atoms with Crippen molar-refractivity contribution in [1.29, 1.82) is 0 Å². The Kier molecular flexibility index (Phi) is 5.35. The van der Waals surface area contributed by atoms with Crippen molar-refractivity contribution in [1.82, 2.24) is 0 Å². The number of aldehydes is 1. The van der Waals surface area contributed by atoms with Crippen LogP contribution in [0.1, 0.15) is 22.8 Å². The van der Waals surface area contributed by atoms with Gasteiger partial charge in [0.05, 0.1) is 13.7 Å². The third-order valence-electron chi connectivity index (χ3n) is 2.22. The van der Waals surface area contributed by atoms with E-state index >= 15 is 0 Å². The van der Waals surface area contributed by atoms with Crippen molar-refractivity contribution < 1.29 is 14.6 Å². The average Bonchev–Trinajstić information content (AvgIpc) is 2.35. The van der Waals surface area contributed by atoms with Crippen LogP contribution >= 0.6 is 11.8 Å². The first-order valence-corrected chi connectivity index (χ1v) is 6.10. The van der Waals surface area contributed by atoms with Gasteiger partial charge in [-0.15, -0.1) is 0 Å². The molecule has 0 aliphatic heterocycles. The van der Waals surface area contributed by atoms with Gasteiger partial charge in [-0.2, -0.15) is 11.8 Å². The van der Waals surface area contributed by atoms with Crippen LogP contribution in [-0.2, 0) is 5.75 Å². The van der Waals surface area contributed by atoms with Crippen LogP contribution in [0.2, 0.25) is 0 Å². The van der Waals surface area contributed by atoms with Gasteiger partial charge in [0.2, 0.25) is 0 Å². The fraction of sp³-hybridized carbons (Fsp3) is 0.417. The highest BCUT2D eigenvalue weighted by Crippen LogP contribution is 2.26. The lowest BCUT2D eigenvalue weighted by atomic mass is 10.1. The molecule has 0 aliphatic rings. The van der Waals surface area contributed by atoms with Crippen molar-refractivity contribution in [3.8, 4) is 5.75 Å². The largest absolute Gasteiger partial charge is 0.496 e. The minimum atomic E-state index is 0.153. The van der Waals surface area contributed by atoms with E-state index in [1.54, 1.807) is 31.0 Å². The van der Waals surface area contributed by atoms with E-state index in [2.05, 4.69) is 0 Å². The Morgan fingerprint density at radius 2 is 2.31 bits per heavy atom. The van der Waals surface area contributed by atoms with Gasteiger partial charge in [-0.3, -0.25) is 4.79 Å². The molecule has 0 saturated heterocycles. The summed E-state index contributed by atoms with van der Waals surface area (Å²) >= 11 is 1.63. The number of aliphatic hydroxyl groups is 1. The van der Waals surface area contributed by atoms with Crippen molar-refractivity contribution in [3.05, 3.63) is 29.3 Å². The Labute approximate surface area is 99.8 Å². The standard InChI is InChI=1S/C12H16O3S/c1-9(6-13)16-8-11-5-10(7-14)3-4-12(11)15-2/h3-5,7,9,13H,6,8H2,1-2H3. The zero-order valence-electron chi connectivity index (χ0n) is 9.47. The fourth-order valence-corrected chi connectivity index (χ4v) is 2.06. The van der Waals surface area contributed by atoms with E-state index in [0.717, 1.165) is 23.4 Å². The van der Waals surface area contributed by atoms with Gasteiger partial charge in [0.25, 0.3) is 0 Å². The van der Waals surface area contributed by atoms with Crippen LogP contribution in [-0.4, -0.2) is 30.4 Å². The SMILES string of the molecule is COc1ccc(C=O)cc1CSC(C)CO. The Balaban J connectivity index is 2.78. The number of benzene rings is 1. The molecule has 1 rings (SSSR count). The lowest BCUT2D eigenvalue weighted by molar-refractivity contribution is 0.112. The molecule has 1 aromatic carbocycles. The zero-order chi connectivity index (χ0) is 12.0. The van der Waals surface area contributed by atoms with Gasteiger partial charge >= 0.3 is 0 Å². The summed E-state index contributed by atoms with van der Waals surface area (Å²) in [6.07, 6.45) is 0.822. The molecule has 0 saturated carbocycles. The summed E-state index contributed by atoms with van der Waals surface area (Å²) in [6.45, 7) is 2.11. The Morgan fingerprint density at radius 1 is 1.56 bits per heavy atom. The summed E-state index contributed by atoms with van der Waals surface area (Å²) < 4.78 is 5.22. The van der Waals surface area contributed by atoms with Gasteiger partial charge in [0, 0.05) is 22.1 Å². The quantitative estimate of drug-likeness (QED) is 0.774. The van der Waals surface area contributed by atoms with Gasteiger partial charge in [0.1, 0.15) is 12.0 Å². The minimum absolute atomic E-state index is 0.153. The smallest absolute Gasteiger partial charge is 0.150 e. The highest BCUT2D eigenvalue weighted by Gasteiger charge is 2.07. The van der Waals surface area contributed by atoms with Gasteiger partial charge in [0.15, 0.2) is 0 Å². The molecule has 3 nitrogen and oxygen atoms in total. The van der Waals surface area contributed by atoms with Crippen molar-refractivity contribution in [2.45, 2.75) is 17.9 Å². The van der Waals surface area contributed by atoms with Gasteiger partial charge in [-0.25, -0.2) is 0 Å². The molecule has 88 valence electrons. The summed E-state index contributed by atoms with van der Waals surface area (Å²) in [7, 11) is 1.61. The van der Waals surface area contributed by atoms with Gasteiger partial charge in [-0.1, -0.05) is 6.92 Å². The molecule has 4 heteroatoms. The number of thioether (sulfide) groups is 1. The first-order chi connectivity index (χ1) is 7.71. The molecule has 0 radical (unpaired) electrons. The van der Waals surface area contributed by atoms with Crippen LogP contribution < -0.4 is 4.74 Å².